The summed E-state index contributed by atoms with van der Waals surface area (Å²) >= 11 is 0. The molecule has 0 N–H and O–H groups in total. The number of carbonyl (C=O) groups is 1. The Bertz CT molecular complexity index is 440. The minimum absolute atomic E-state index is 0.183. The van der Waals surface area contributed by atoms with Crippen LogP contribution in [0.15, 0.2) is 18.5 Å². The van der Waals surface area contributed by atoms with E-state index in [0.29, 0.717) is 11.1 Å². The molecular formula is C12H15N3O. The van der Waals surface area contributed by atoms with Crippen LogP contribution in [0.25, 0.3) is 0 Å². The fourth-order valence-corrected chi connectivity index (χ4v) is 1.15. The Morgan fingerprint density at radius 1 is 1.50 bits per heavy atom. The Kier molecular flexibility index (Phi) is 3.28. The molecule has 0 spiro atoms. The first-order valence-corrected chi connectivity index (χ1v) is 5.00. The summed E-state index contributed by atoms with van der Waals surface area (Å²) in [5.41, 5.74) is 0.429. The standard InChI is InChI=1S/C12H15N3O/c1-12(2,3)15(4)11(16)10-8-14-6-5-9(10)7-13/h5-6,8H,1-4H3. The highest BCUT2D eigenvalue weighted by Crippen LogP contribution is 2.16. The molecule has 0 aliphatic rings. The summed E-state index contributed by atoms with van der Waals surface area (Å²) in [5, 5.41) is 8.90. The topological polar surface area (TPSA) is 57.0 Å². The molecule has 0 saturated carbocycles. The van der Waals surface area contributed by atoms with Crippen molar-refractivity contribution in [3.63, 3.8) is 0 Å². The van der Waals surface area contributed by atoms with Gasteiger partial charge >= 0.3 is 0 Å². The van der Waals surface area contributed by atoms with Crippen LogP contribution in [0, 0.1) is 11.3 Å². The number of hydrogen-bond donors (Lipinski definition) is 0. The molecule has 0 aromatic carbocycles. The Labute approximate surface area is 95.5 Å². The minimum Gasteiger partial charge on any atom is -0.337 e. The van der Waals surface area contributed by atoms with Gasteiger partial charge in [0, 0.05) is 25.0 Å². The number of carbonyl (C=O) groups excluding carboxylic acids is 1. The summed E-state index contributed by atoms with van der Waals surface area (Å²) in [5.74, 6) is -0.183. The lowest BCUT2D eigenvalue weighted by Crippen LogP contribution is -2.42. The Balaban J connectivity index is 3.12. The lowest BCUT2D eigenvalue weighted by molar-refractivity contribution is 0.0655. The highest BCUT2D eigenvalue weighted by molar-refractivity contribution is 5.96. The van der Waals surface area contributed by atoms with Crippen LogP contribution in [-0.4, -0.2) is 28.4 Å². The molecule has 0 aliphatic carbocycles. The van der Waals surface area contributed by atoms with Crippen molar-refractivity contribution >= 4 is 5.91 Å². The first-order valence-electron chi connectivity index (χ1n) is 5.00. The molecule has 0 atom stereocenters. The second-order valence-electron chi connectivity index (χ2n) is 4.57. The van der Waals surface area contributed by atoms with Crippen molar-refractivity contribution < 1.29 is 4.79 Å². The van der Waals surface area contributed by atoms with E-state index in [0.717, 1.165) is 0 Å². The van der Waals surface area contributed by atoms with Gasteiger partial charge in [-0.1, -0.05) is 0 Å². The molecule has 1 heterocycles. The van der Waals surface area contributed by atoms with E-state index in [9.17, 15) is 4.79 Å². The molecule has 0 aliphatic heterocycles. The summed E-state index contributed by atoms with van der Waals surface area (Å²) in [7, 11) is 1.72. The number of nitrogens with zero attached hydrogens (tertiary/aromatic N) is 3. The van der Waals surface area contributed by atoms with Crippen LogP contribution in [-0.2, 0) is 0 Å². The van der Waals surface area contributed by atoms with Gasteiger partial charge in [0.2, 0.25) is 0 Å². The minimum atomic E-state index is -0.278. The van der Waals surface area contributed by atoms with Gasteiger partial charge in [-0.2, -0.15) is 5.26 Å². The van der Waals surface area contributed by atoms with Crippen molar-refractivity contribution in [2.45, 2.75) is 26.3 Å². The van der Waals surface area contributed by atoms with E-state index in [1.165, 1.54) is 12.4 Å². The molecule has 1 amide bonds. The van der Waals surface area contributed by atoms with Crippen LogP contribution in [0.1, 0.15) is 36.7 Å². The quantitative estimate of drug-likeness (QED) is 0.721. The molecule has 84 valence electrons. The lowest BCUT2D eigenvalue weighted by atomic mass is 10.0. The predicted molar refractivity (Wildman–Crippen MR) is 60.8 cm³/mol. The molecule has 16 heavy (non-hydrogen) atoms. The van der Waals surface area contributed by atoms with Crippen LogP contribution >= 0.6 is 0 Å². The summed E-state index contributed by atoms with van der Waals surface area (Å²) in [6.45, 7) is 5.81. The van der Waals surface area contributed by atoms with Crippen molar-refractivity contribution in [3.05, 3.63) is 29.6 Å². The van der Waals surface area contributed by atoms with Gasteiger partial charge in [-0.25, -0.2) is 0 Å². The van der Waals surface area contributed by atoms with Crippen molar-refractivity contribution in [1.82, 2.24) is 9.88 Å². The van der Waals surface area contributed by atoms with Gasteiger partial charge in [-0.05, 0) is 26.8 Å². The SMILES string of the molecule is CN(C(=O)c1cnccc1C#N)C(C)(C)C. The molecule has 0 saturated heterocycles. The molecule has 1 aromatic rings. The number of nitriles is 1. The molecule has 0 bridgehead atoms. The number of rotatable bonds is 1. The second kappa shape index (κ2) is 4.31. The maximum absolute atomic E-state index is 12.1. The van der Waals surface area contributed by atoms with E-state index in [1.807, 2.05) is 26.8 Å². The normalized spacial score (nSPS) is 10.7. The molecule has 1 aromatic heterocycles. The van der Waals surface area contributed by atoms with Crippen molar-refractivity contribution in [2.24, 2.45) is 0 Å². The third kappa shape index (κ3) is 2.37. The molecule has 4 nitrogen and oxygen atoms in total. The first kappa shape index (κ1) is 12.2. The molecule has 0 fully saturated rings. The maximum Gasteiger partial charge on any atom is 0.256 e. The van der Waals surface area contributed by atoms with Crippen LogP contribution < -0.4 is 0 Å². The lowest BCUT2D eigenvalue weighted by Gasteiger charge is -2.32. The molecule has 1 rings (SSSR count). The van der Waals surface area contributed by atoms with Crippen molar-refractivity contribution in [2.75, 3.05) is 7.05 Å². The number of hydrogen-bond acceptors (Lipinski definition) is 3. The fraction of sp³-hybridized carbons (Fsp3) is 0.417. The number of pyridine rings is 1. The van der Waals surface area contributed by atoms with E-state index in [4.69, 9.17) is 5.26 Å². The van der Waals surface area contributed by atoms with Crippen LogP contribution in [0.4, 0.5) is 0 Å². The number of aromatic nitrogens is 1. The van der Waals surface area contributed by atoms with Gasteiger partial charge in [0.25, 0.3) is 5.91 Å². The predicted octanol–water partition coefficient (Wildman–Crippen LogP) is 1.82. The van der Waals surface area contributed by atoms with Gasteiger partial charge in [0.15, 0.2) is 0 Å². The van der Waals surface area contributed by atoms with Crippen LogP contribution in [0.3, 0.4) is 0 Å². The summed E-state index contributed by atoms with van der Waals surface area (Å²) in [6.07, 6.45) is 2.94. The average molecular weight is 217 g/mol. The largest absolute Gasteiger partial charge is 0.337 e. The van der Waals surface area contributed by atoms with Crippen LogP contribution in [0.5, 0.6) is 0 Å². The maximum atomic E-state index is 12.1. The van der Waals surface area contributed by atoms with E-state index < -0.39 is 0 Å². The van der Waals surface area contributed by atoms with Crippen molar-refractivity contribution in [3.8, 4) is 6.07 Å². The zero-order valence-electron chi connectivity index (χ0n) is 9.98. The summed E-state index contributed by atoms with van der Waals surface area (Å²) in [4.78, 5) is 17.6. The van der Waals surface area contributed by atoms with Gasteiger partial charge in [0.1, 0.15) is 6.07 Å². The smallest absolute Gasteiger partial charge is 0.256 e. The molecular weight excluding hydrogens is 202 g/mol. The Morgan fingerprint density at radius 2 is 2.12 bits per heavy atom. The highest BCUT2D eigenvalue weighted by Gasteiger charge is 2.25. The zero-order chi connectivity index (χ0) is 12.3. The zero-order valence-corrected chi connectivity index (χ0v) is 9.98. The summed E-state index contributed by atoms with van der Waals surface area (Å²) < 4.78 is 0. The number of amides is 1. The van der Waals surface area contributed by atoms with E-state index in [1.54, 1.807) is 18.0 Å². The Morgan fingerprint density at radius 3 is 2.62 bits per heavy atom. The second-order valence-corrected chi connectivity index (χ2v) is 4.57. The van der Waals surface area contributed by atoms with Crippen LogP contribution in [0.2, 0.25) is 0 Å². The van der Waals surface area contributed by atoms with Gasteiger partial charge in [-0.3, -0.25) is 9.78 Å². The van der Waals surface area contributed by atoms with Gasteiger partial charge in [0.05, 0.1) is 11.1 Å². The van der Waals surface area contributed by atoms with Gasteiger partial charge < -0.3 is 4.90 Å². The van der Waals surface area contributed by atoms with Crippen molar-refractivity contribution in [1.29, 1.82) is 5.26 Å². The average Bonchev–Trinajstić information content (AvgIpc) is 2.25. The highest BCUT2D eigenvalue weighted by atomic mass is 16.2. The van der Waals surface area contributed by atoms with Gasteiger partial charge in [-0.15, -0.1) is 0 Å². The van der Waals surface area contributed by atoms with E-state index in [2.05, 4.69) is 4.98 Å². The molecule has 4 heteroatoms. The first-order chi connectivity index (χ1) is 7.38. The van der Waals surface area contributed by atoms with E-state index >= 15 is 0 Å². The Hall–Kier alpha value is -1.89. The molecule has 0 radical (unpaired) electrons. The fourth-order valence-electron chi connectivity index (χ4n) is 1.15. The summed E-state index contributed by atoms with van der Waals surface area (Å²) in [6, 6.07) is 3.54. The monoisotopic (exact) mass is 217 g/mol. The van der Waals surface area contributed by atoms with E-state index in [-0.39, 0.29) is 11.4 Å². The third-order valence-corrected chi connectivity index (χ3v) is 2.48. The third-order valence-electron chi connectivity index (χ3n) is 2.48. The molecule has 0 unspecified atom stereocenters.